The molecule has 1 atom stereocenters. The van der Waals surface area contributed by atoms with Gasteiger partial charge in [-0.1, -0.05) is 78.0 Å². The van der Waals surface area contributed by atoms with Gasteiger partial charge in [-0.15, -0.1) is 0 Å². The summed E-state index contributed by atoms with van der Waals surface area (Å²) in [5.74, 6) is -0.155. The molecule has 4 nitrogen and oxygen atoms in total. The molecule has 1 aromatic heterocycles. The van der Waals surface area contributed by atoms with Gasteiger partial charge in [0, 0.05) is 16.6 Å². The second-order valence-electron chi connectivity index (χ2n) is 7.10. The standard InChI is InChI=1S/C24H18N2O2S/c1-15-11-13-16(14-12-15)24-26(17-7-3-2-4-8-17)23(28)20-18-9-5-6-10-19(18)25-22(27)21(20)29-24/h2-14,24H,1H3,(H,25,27). The van der Waals surface area contributed by atoms with Crippen molar-refractivity contribution < 1.29 is 4.79 Å². The van der Waals surface area contributed by atoms with Crippen LogP contribution in [0.3, 0.4) is 0 Å². The highest BCUT2D eigenvalue weighted by molar-refractivity contribution is 7.99. The van der Waals surface area contributed by atoms with Gasteiger partial charge >= 0.3 is 0 Å². The summed E-state index contributed by atoms with van der Waals surface area (Å²) in [5.41, 5.74) is 3.87. The number of aromatic amines is 1. The summed E-state index contributed by atoms with van der Waals surface area (Å²) in [6.07, 6.45) is 0. The lowest BCUT2D eigenvalue weighted by atomic mass is 10.1. The van der Waals surface area contributed by atoms with Crippen molar-refractivity contribution in [3.05, 3.63) is 106 Å². The first-order valence-corrected chi connectivity index (χ1v) is 10.3. The molecule has 1 N–H and O–H groups in total. The summed E-state index contributed by atoms with van der Waals surface area (Å²) >= 11 is 1.43. The first kappa shape index (κ1) is 17.8. The van der Waals surface area contributed by atoms with E-state index in [1.54, 1.807) is 4.90 Å². The number of amides is 1. The van der Waals surface area contributed by atoms with Gasteiger partial charge in [-0.3, -0.25) is 14.5 Å². The average molecular weight is 398 g/mol. The van der Waals surface area contributed by atoms with E-state index in [-0.39, 0.29) is 16.8 Å². The summed E-state index contributed by atoms with van der Waals surface area (Å²) < 4.78 is 0. The van der Waals surface area contributed by atoms with E-state index in [1.807, 2.05) is 85.8 Å². The molecule has 29 heavy (non-hydrogen) atoms. The summed E-state index contributed by atoms with van der Waals surface area (Å²) in [7, 11) is 0. The first-order valence-electron chi connectivity index (χ1n) is 9.40. The normalized spacial score (nSPS) is 16.1. The summed E-state index contributed by atoms with van der Waals surface area (Å²) in [6, 6.07) is 25.2. The lowest BCUT2D eigenvalue weighted by molar-refractivity contribution is 0.0980. The van der Waals surface area contributed by atoms with Gasteiger partial charge in [0.2, 0.25) is 0 Å². The molecule has 0 saturated carbocycles. The van der Waals surface area contributed by atoms with Crippen LogP contribution in [0, 0.1) is 6.92 Å². The molecule has 0 spiro atoms. The number of carbonyl (C=O) groups excluding carboxylic acids is 1. The maximum Gasteiger partial charge on any atom is 0.263 e. The quantitative estimate of drug-likeness (QED) is 0.499. The van der Waals surface area contributed by atoms with Crippen LogP contribution in [0.4, 0.5) is 5.69 Å². The smallest absolute Gasteiger partial charge is 0.263 e. The molecule has 1 unspecified atom stereocenters. The Bertz CT molecular complexity index is 1280. The molecule has 0 saturated heterocycles. The summed E-state index contributed by atoms with van der Waals surface area (Å²) in [5, 5.41) is 0.447. The molecule has 5 rings (SSSR count). The highest BCUT2D eigenvalue weighted by Gasteiger charge is 2.37. The predicted molar refractivity (Wildman–Crippen MR) is 118 cm³/mol. The van der Waals surface area contributed by atoms with E-state index in [0.29, 0.717) is 16.0 Å². The number of aromatic nitrogens is 1. The third-order valence-electron chi connectivity index (χ3n) is 5.17. The van der Waals surface area contributed by atoms with E-state index in [9.17, 15) is 9.59 Å². The number of para-hydroxylation sites is 2. The van der Waals surface area contributed by atoms with Crippen molar-refractivity contribution in [1.29, 1.82) is 0 Å². The van der Waals surface area contributed by atoms with Gasteiger partial charge < -0.3 is 4.98 Å². The fraction of sp³-hybridized carbons (Fsp3) is 0.0833. The van der Waals surface area contributed by atoms with E-state index in [4.69, 9.17) is 0 Å². The zero-order valence-electron chi connectivity index (χ0n) is 15.8. The van der Waals surface area contributed by atoms with Crippen LogP contribution in [0.15, 0.2) is 88.6 Å². The molecule has 5 heteroatoms. The highest BCUT2D eigenvalue weighted by Crippen LogP contribution is 2.46. The monoisotopic (exact) mass is 398 g/mol. The summed E-state index contributed by atoms with van der Waals surface area (Å²) in [6.45, 7) is 2.03. The number of nitrogens with zero attached hydrogens (tertiary/aromatic N) is 1. The number of aryl methyl sites for hydroxylation is 1. The number of carbonyl (C=O) groups is 1. The largest absolute Gasteiger partial charge is 0.321 e. The van der Waals surface area contributed by atoms with Gasteiger partial charge in [0.1, 0.15) is 5.37 Å². The predicted octanol–water partition coefficient (Wildman–Crippen LogP) is 5.29. The third kappa shape index (κ3) is 2.95. The molecular formula is C24H18N2O2S. The van der Waals surface area contributed by atoms with Crippen molar-refractivity contribution in [2.24, 2.45) is 0 Å². The Morgan fingerprint density at radius 1 is 0.862 bits per heavy atom. The average Bonchev–Trinajstić information content (AvgIpc) is 2.75. The van der Waals surface area contributed by atoms with Gasteiger partial charge in [0.15, 0.2) is 0 Å². The van der Waals surface area contributed by atoms with Gasteiger partial charge in [0.05, 0.1) is 10.5 Å². The van der Waals surface area contributed by atoms with Crippen molar-refractivity contribution in [1.82, 2.24) is 4.98 Å². The third-order valence-corrected chi connectivity index (χ3v) is 6.50. The van der Waals surface area contributed by atoms with Crippen molar-refractivity contribution in [2.75, 3.05) is 4.90 Å². The number of H-pyrrole nitrogens is 1. The van der Waals surface area contributed by atoms with Crippen LogP contribution >= 0.6 is 11.8 Å². The first-order chi connectivity index (χ1) is 14.1. The molecule has 4 aromatic rings. The van der Waals surface area contributed by atoms with Crippen LogP contribution < -0.4 is 10.5 Å². The maximum absolute atomic E-state index is 13.8. The van der Waals surface area contributed by atoms with E-state index in [0.717, 1.165) is 22.2 Å². The van der Waals surface area contributed by atoms with Crippen LogP contribution in [0.2, 0.25) is 0 Å². The minimum Gasteiger partial charge on any atom is -0.321 e. The number of anilines is 1. The number of hydrogen-bond acceptors (Lipinski definition) is 3. The molecule has 2 heterocycles. The topological polar surface area (TPSA) is 53.2 Å². The molecular weight excluding hydrogens is 380 g/mol. The van der Waals surface area contributed by atoms with Gasteiger partial charge in [-0.25, -0.2) is 0 Å². The Labute approximate surface area is 172 Å². The van der Waals surface area contributed by atoms with E-state index in [1.165, 1.54) is 11.8 Å². The minimum absolute atomic E-state index is 0.155. The number of nitrogens with one attached hydrogen (secondary N) is 1. The van der Waals surface area contributed by atoms with Crippen LogP contribution in [-0.2, 0) is 0 Å². The molecule has 0 radical (unpaired) electrons. The van der Waals surface area contributed by atoms with Crippen molar-refractivity contribution in [3.63, 3.8) is 0 Å². The van der Waals surface area contributed by atoms with E-state index in [2.05, 4.69) is 4.98 Å². The second-order valence-corrected chi connectivity index (χ2v) is 8.19. The Hall–Kier alpha value is -3.31. The number of pyridine rings is 1. The molecule has 3 aromatic carbocycles. The summed E-state index contributed by atoms with van der Waals surface area (Å²) in [4.78, 5) is 31.8. The van der Waals surface area contributed by atoms with Crippen LogP contribution in [0.1, 0.15) is 26.9 Å². The molecule has 0 fully saturated rings. The van der Waals surface area contributed by atoms with Crippen molar-refractivity contribution in [3.8, 4) is 0 Å². The number of fused-ring (bicyclic) bond motifs is 3. The fourth-order valence-electron chi connectivity index (χ4n) is 3.73. The minimum atomic E-state index is -0.319. The second kappa shape index (κ2) is 6.94. The zero-order valence-corrected chi connectivity index (χ0v) is 16.6. The lowest BCUT2D eigenvalue weighted by Gasteiger charge is -2.36. The lowest BCUT2D eigenvalue weighted by Crippen LogP contribution is -2.39. The van der Waals surface area contributed by atoms with Crippen molar-refractivity contribution in [2.45, 2.75) is 17.2 Å². The van der Waals surface area contributed by atoms with Crippen molar-refractivity contribution >= 4 is 34.3 Å². The fourth-order valence-corrected chi connectivity index (χ4v) is 5.04. The Balaban J connectivity index is 1.77. The van der Waals surface area contributed by atoms with Crippen LogP contribution in [0.25, 0.3) is 10.9 Å². The Morgan fingerprint density at radius 3 is 2.31 bits per heavy atom. The van der Waals surface area contributed by atoms with Gasteiger partial charge in [0.25, 0.3) is 11.5 Å². The number of benzene rings is 3. The van der Waals surface area contributed by atoms with Gasteiger partial charge in [-0.05, 0) is 30.7 Å². The number of thioether (sulfide) groups is 1. The van der Waals surface area contributed by atoms with E-state index < -0.39 is 0 Å². The SMILES string of the molecule is Cc1ccc(C2Sc3c(c4ccccc4[nH]c3=O)C(=O)N2c2ccccc2)cc1. The van der Waals surface area contributed by atoms with E-state index >= 15 is 0 Å². The van der Waals surface area contributed by atoms with Gasteiger partial charge in [-0.2, -0.15) is 0 Å². The van der Waals surface area contributed by atoms with Crippen LogP contribution in [-0.4, -0.2) is 10.9 Å². The Kier molecular flexibility index (Phi) is 4.25. The molecule has 142 valence electrons. The molecule has 0 aliphatic carbocycles. The molecule has 1 amide bonds. The number of rotatable bonds is 2. The zero-order chi connectivity index (χ0) is 20.0. The number of hydrogen-bond donors (Lipinski definition) is 1. The molecule has 1 aliphatic heterocycles. The Morgan fingerprint density at radius 2 is 1.55 bits per heavy atom. The van der Waals surface area contributed by atoms with Crippen LogP contribution in [0.5, 0.6) is 0 Å². The maximum atomic E-state index is 13.8. The highest BCUT2D eigenvalue weighted by atomic mass is 32.2. The molecule has 0 bridgehead atoms. The molecule has 1 aliphatic rings.